The van der Waals surface area contributed by atoms with Gasteiger partial charge in [-0.3, -0.25) is 14.4 Å². The first kappa shape index (κ1) is 32.3. The molecule has 4 rings (SSSR count). The van der Waals surface area contributed by atoms with Gasteiger partial charge in [0.1, 0.15) is 6.04 Å². The normalized spacial score (nSPS) is 29.3. The molecule has 2 bridgehead atoms. The average Bonchev–Trinajstić information content (AvgIpc) is 3.50. The van der Waals surface area contributed by atoms with Crippen LogP contribution in [0.1, 0.15) is 72.4 Å². The Balaban J connectivity index is 1.87. The highest BCUT2D eigenvalue weighted by atomic mass is 32.2. The van der Waals surface area contributed by atoms with E-state index in [0.717, 1.165) is 18.4 Å². The molecule has 2 amide bonds. The molecule has 3 heterocycles. The molecule has 7 nitrogen and oxygen atoms in total. The van der Waals surface area contributed by atoms with Crippen molar-refractivity contribution in [2.45, 2.75) is 88.4 Å². The topological polar surface area (TPSA) is 87.2 Å². The van der Waals surface area contributed by atoms with Crippen LogP contribution in [0.2, 0.25) is 0 Å². The number of aliphatic hydroxyl groups is 1. The van der Waals surface area contributed by atoms with Crippen molar-refractivity contribution in [3.63, 3.8) is 0 Å². The lowest BCUT2D eigenvalue weighted by Crippen LogP contribution is -2.61. The van der Waals surface area contributed by atoms with Gasteiger partial charge in [0, 0.05) is 17.3 Å². The number of ether oxygens (including phenoxy) is 1. The van der Waals surface area contributed by atoms with Crippen molar-refractivity contribution in [3.8, 4) is 0 Å². The number of esters is 1. The number of rotatable bonds is 12. The van der Waals surface area contributed by atoms with E-state index in [9.17, 15) is 14.7 Å². The van der Waals surface area contributed by atoms with Crippen molar-refractivity contribution in [2.75, 3.05) is 19.8 Å². The van der Waals surface area contributed by atoms with Gasteiger partial charge in [0.15, 0.2) is 0 Å². The van der Waals surface area contributed by atoms with Crippen molar-refractivity contribution < 1.29 is 24.2 Å². The molecule has 0 saturated carbocycles. The number of likely N-dealkylation sites (tertiary alicyclic amines) is 1. The number of fused-ring (bicyclic) bond motifs is 1. The van der Waals surface area contributed by atoms with Gasteiger partial charge in [-0.15, -0.1) is 24.9 Å². The second-order valence-corrected chi connectivity index (χ2v) is 15.5. The first-order valence-electron chi connectivity index (χ1n) is 15.1. The Labute approximate surface area is 255 Å². The summed E-state index contributed by atoms with van der Waals surface area (Å²) in [6, 6.07) is 7.79. The summed E-state index contributed by atoms with van der Waals surface area (Å²) in [5.41, 5.74) is 0.159. The number of carbonyl (C=O) groups is 3. The highest BCUT2D eigenvalue weighted by Gasteiger charge is 2.77. The van der Waals surface area contributed by atoms with Crippen molar-refractivity contribution in [1.29, 1.82) is 0 Å². The number of hydrogen-bond acceptors (Lipinski definition) is 6. The minimum atomic E-state index is -0.859. The number of carbonyl (C=O) groups excluding carboxylic acids is 3. The minimum Gasteiger partial charge on any atom is -0.465 e. The monoisotopic (exact) mass is 596 g/mol. The van der Waals surface area contributed by atoms with Gasteiger partial charge >= 0.3 is 5.97 Å². The molecular formula is C34H48N2O5S. The number of benzene rings is 1. The fourth-order valence-corrected chi connectivity index (χ4v) is 10.4. The zero-order valence-electron chi connectivity index (χ0n) is 26.0. The molecule has 1 aromatic carbocycles. The fourth-order valence-electron chi connectivity index (χ4n) is 8.02. The van der Waals surface area contributed by atoms with Crippen LogP contribution in [-0.4, -0.2) is 74.0 Å². The van der Waals surface area contributed by atoms with Crippen LogP contribution >= 0.6 is 11.8 Å². The molecule has 3 saturated heterocycles. The zero-order chi connectivity index (χ0) is 31.0. The predicted octanol–water partition coefficient (Wildman–Crippen LogP) is 5.41. The predicted molar refractivity (Wildman–Crippen MR) is 168 cm³/mol. The van der Waals surface area contributed by atoms with Crippen LogP contribution in [0.15, 0.2) is 55.6 Å². The average molecular weight is 597 g/mol. The summed E-state index contributed by atoms with van der Waals surface area (Å²) in [7, 11) is 0. The van der Waals surface area contributed by atoms with Crippen LogP contribution in [0.5, 0.6) is 0 Å². The molecule has 3 fully saturated rings. The summed E-state index contributed by atoms with van der Waals surface area (Å²) in [6.45, 7) is 20.6. The molecular weight excluding hydrogens is 548 g/mol. The summed E-state index contributed by atoms with van der Waals surface area (Å²) in [5.74, 6) is -2.15. The summed E-state index contributed by atoms with van der Waals surface area (Å²) in [6.07, 6.45) is 5.42. The Morgan fingerprint density at radius 2 is 1.86 bits per heavy atom. The smallest absolute Gasteiger partial charge is 0.310 e. The number of nitrogens with zero attached hydrogens (tertiary/aromatic N) is 2. The molecule has 230 valence electrons. The van der Waals surface area contributed by atoms with E-state index in [2.05, 4.69) is 54.7 Å². The van der Waals surface area contributed by atoms with Crippen LogP contribution in [-0.2, 0) is 19.1 Å². The van der Waals surface area contributed by atoms with Gasteiger partial charge < -0.3 is 19.6 Å². The third-order valence-electron chi connectivity index (χ3n) is 9.22. The second-order valence-electron chi connectivity index (χ2n) is 13.9. The van der Waals surface area contributed by atoms with Gasteiger partial charge in [0.25, 0.3) is 0 Å². The highest BCUT2D eigenvalue weighted by molar-refractivity contribution is 8.02. The van der Waals surface area contributed by atoms with E-state index in [1.165, 1.54) is 0 Å². The minimum absolute atomic E-state index is 0.00375. The van der Waals surface area contributed by atoms with Crippen molar-refractivity contribution in [1.82, 2.24) is 9.80 Å². The quantitative estimate of drug-likeness (QED) is 0.197. The third kappa shape index (κ3) is 5.57. The van der Waals surface area contributed by atoms with Crippen LogP contribution < -0.4 is 0 Å². The Hall–Kier alpha value is -2.58. The number of amides is 2. The van der Waals surface area contributed by atoms with Crippen molar-refractivity contribution >= 4 is 29.5 Å². The Bertz CT molecular complexity index is 1190. The first-order chi connectivity index (χ1) is 19.7. The van der Waals surface area contributed by atoms with E-state index in [-0.39, 0.29) is 47.6 Å². The summed E-state index contributed by atoms with van der Waals surface area (Å²) >= 11 is 1.62. The standard InChI is InChI=1S/C34H48N2O5S/c1-9-11-18-41-31(40)26-25-19-22(3)34(42-25)27(26)29(38)36(24(20-37)23-15-13-12-14-16-23)28(34)30(39)35(17-10-2)33(7,8)21-32(4,5)6/h9-10,12-16,22,24-28,37H,1-2,11,17-21H2,3-8H3/t22?,24-,25+,26-,27+,28?,34?/m1/s1. The van der Waals surface area contributed by atoms with E-state index in [1.54, 1.807) is 28.8 Å². The van der Waals surface area contributed by atoms with Gasteiger partial charge in [-0.05, 0) is 50.0 Å². The molecule has 1 spiro atoms. The zero-order valence-corrected chi connectivity index (χ0v) is 26.9. The van der Waals surface area contributed by atoms with Crippen molar-refractivity contribution in [3.05, 3.63) is 61.2 Å². The van der Waals surface area contributed by atoms with E-state index in [1.807, 2.05) is 35.2 Å². The Kier molecular flexibility index (Phi) is 9.39. The molecule has 3 aliphatic heterocycles. The maximum Gasteiger partial charge on any atom is 0.310 e. The molecule has 3 unspecified atom stereocenters. The molecule has 0 aliphatic carbocycles. The van der Waals surface area contributed by atoms with Crippen LogP contribution in [0.4, 0.5) is 0 Å². The van der Waals surface area contributed by atoms with Crippen LogP contribution in [0, 0.1) is 23.2 Å². The largest absolute Gasteiger partial charge is 0.465 e. The summed E-state index contributed by atoms with van der Waals surface area (Å²) in [5, 5.41) is 10.7. The van der Waals surface area contributed by atoms with E-state index in [0.29, 0.717) is 13.0 Å². The lowest BCUT2D eigenvalue weighted by atomic mass is 9.66. The number of aliphatic hydroxyl groups excluding tert-OH is 1. The van der Waals surface area contributed by atoms with Crippen LogP contribution in [0.25, 0.3) is 0 Å². The second kappa shape index (κ2) is 12.2. The molecule has 1 N–H and O–H groups in total. The molecule has 1 aromatic rings. The lowest BCUT2D eigenvalue weighted by molar-refractivity contribution is -0.155. The van der Waals surface area contributed by atoms with Gasteiger partial charge in [-0.25, -0.2) is 0 Å². The highest BCUT2D eigenvalue weighted by Crippen LogP contribution is 2.69. The van der Waals surface area contributed by atoms with E-state index < -0.39 is 34.2 Å². The van der Waals surface area contributed by atoms with E-state index >= 15 is 4.79 Å². The van der Waals surface area contributed by atoms with Gasteiger partial charge in [-0.1, -0.05) is 70.2 Å². The molecule has 42 heavy (non-hydrogen) atoms. The third-order valence-corrected chi connectivity index (χ3v) is 11.3. The Morgan fingerprint density at radius 1 is 1.19 bits per heavy atom. The molecule has 7 atom stereocenters. The van der Waals surface area contributed by atoms with Gasteiger partial charge in [0.05, 0.1) is 35.8 Å². The maximum atomic E-state index is 15.1. The fraction of sp³-hybridized carbons (Fsp3) is 0.618. The molecule has 0 aromatic heterocycles. The SMILES string of the molecule is C=CCCOC(=O)[C@@H]1[C@@H]2CC(C)C3(S2)C(C(=O)N(CC=C)C(C)(C)CC(C)(C)C)N([C@H](CO)c2ccccc2)C(=O)[C@H]13. The van der Waals surface area contributed by atoms with E-state index in [4.69, 9.17) is 4.74 Å². The number of hydrogen-bond donors (Lipinski definition) is 1. The number of thioether (sulfide) groups is 1. The van der Waals surface area contributed by atoms with Crippen molar-refractivity contribution in [2.24, 2.45) is 23.2 Å². The molecule has 8 heteroatoms. The maximum absolute atomic E-state index is 15.1. The van der Waals surface area contributed by atoms with Gasteiger partial charge in [-0.2, -0.15) is 0 Å². The molecule has 0 radical (unpaired) electrons. The lowest BCUT2D eigenvalue weighted by Gasteiger charge is -2.47. The first-order valence-corrected chi connectivity index (χ1v) is 16.0. The summed E-state index contributed by atoms with van der Waals surface area (Å²) in [4.78, 5) is 46.8. The molecule has 3 aliphatic rings. The van der Waals surface area contributed by atoms with Gasteiger partial charge in [0.2, 0.25) is 11.8 Å². The van der Waals surface area contributed by atoms with Crippen LogP contribution in [0.3, 0.4) is 0 Å². The Morgan fingerprint density at radius 3 is 2.43 bits per heavy atom. The summed E-state index contributed by atoms with van der Waals surface area (Å²) < 4.78 is 4.83.